The molecule has 8 heteroatoms. The largest absolute Gasteiger partial charge is 0.497 e. The summed E-state index contributed by atoms with van der Waals surface area (Å²) in [5.74, 6) is 2.22. The van der Waals surface area contributed by atoms with Gasteiger partial charge < -0.3 is 15.0 Å². The SMILES string of the molecule is COc1ccc(-c2[nH]ncc2C(=O)N[C@H](CCSC)c2nc3ccccc3[nH]2)cc1. The van der Waals surface area contributed by atoms with Crippen LogP contribution in [0.15, 0.2) is 54.7 Å². The number of rotatable bonds is 8. The first-order chi connectivity index (χ1) is 14.7. The minimum absolute atomic E-state index is 0.193. The molecule has 0 fully saturated rings. The second-order valence-corrected chi connectivity index (χ2v) is 7.82. The minimum atomic E-state index is -0.226. The summed E-state index contributed by atoms with van der Waals surface area (Å²) in [4.78, 5) is 21.2. The van der Waals surface area contributed by atoms with Crippen molar-refractivity contribution < 1.29 is 9.53 Å². The van der Waals surface area contributed by atoms with Gasteiger partial charge in [0.25, 0.3) is 5.91 Å². The molecule has 0 aliphatic carbocycles. The van der Waals surface area contributed by atoms with Crippen molar-refractivity contribution in [3.05, 3.63) is 66.1 Å². The molecule has 2 heterocycles. The van der Waals surface area contributed by atoms with Gasteiger partial charge in [0, 0.05) is 5.56 Å². The average Bonchev–Trinajstić information content (AvgIpc) is 3.44. The number of benzene rings is 2. The van der Waals surface area contributed by atoms with Crippen molar-refractivity contribution in [2.24, 2.45) is 0 Å². The number of amides is 1. The van der Waals surface area contributed by atoms with E-state index in [1.165, 1.54) is 0 Å². The lowest BCUT2D eigenvalue weighted by atomic mass is 10.1. The molecule has 154 valence electrons. The molecular weight excluding hydrogens is 398 g/mol. The molecule has 1 amide bonds. The highest BCUT2D eigenvalue weighted by Crippen LogP contribution is 2.25. The van der Waals surface area contributed by atoms with Crippen LogP contribution >= 0.6 is 11.8 Å². The first kappa shape index (κ1) is 20.0. The van der Waals surface area contributed by atoms with Crippen molar-refractivity contribution >= 4 is 28.7 Å². The number of aromatic amines is 2. The summed E-state index contributed by atoms with van der Waals surface area (Å²) in [5.41, 5.74) is 3.87. The number of carbonyl (C=O) groups excluding carboxylic acids is 1. The second kappa shape index (κ2) is 9.04. The number of imidazole rings is 1. The molecular formula is C22H23N5O2S. The Bertz CT molecular complexity index is 1100. The van der Waals surface area contributed by atoms with E-state index >= 15 is 0 Å². The topological polar surface area (TPSA) is 95.7 Å². The molecule has 2 aromatic carbocycles. The number of methoxy groups -OCH3 is 1. The van der Waals surface area contributed by atoms with E-state index in [0.717, 1.165) is 40.3 Å². The minimum Gasteiger partial charge on any atom is -0.497 e. The van der Waals surface area contributed by atoms with Gasteiger partial charge in [0.15, 0.2) is 0 Å². The predicted molar refractivity (Wildman–Crippen MR) is 120 cm³/mol. The Hall–Kier alpha value is -3.26. The van der Waals surface area contributed by atoms with Crippen LogP contribution in [0.25, 0.3) is 22.3 Å². The quantitative estimate of drug-likeness (QED) is 0.397. The van der Waals surface area contributed by atoms with E-state index in [1.807, 2.05) is 48.5 Å². The third kappa shape index (κ3) is 4.18. The summed E-state index contributed by atoms with van der Waals surface area (Å²) in [6.07, 6.45) is 4.37. The summed E-state index contributed by atoms with van der Waals surface area (Å²) >= 11 is 1.74. The van der Waals surface area contributed by atoms with E-state index < -0.39 is 0 Å². The maximum Gasteiger partial charge on any atom is 0.255 e. The van der Waals surface area contributed by atoms with Crippen LogP contribution in [0.4, 0.5) is 0 Å². The van der Waals surface area contributed by atoms with Crippen molar-refractivity contribution in [1.82, 2.24) is 25.5 Å². The number of thioether (sulfide) groups is 1. The number of aromatic nitrogens is 4. The fourth-order valence-corrected chi connectivity index (χ4v) is 3.79. The fraction of sp³-hybridized carbons (Fsp3) is 0.227. The normalized spacial score (nSPS) is 12.1. The third-order valence-corrected chi connectivity index (χ3v) is 5.56. The summed E-state index contributed by atoms with van der Waals surface area (Å²) in [7, 11) is 1.62. The van der Waals surface area contributed by atoms with E-state index in [9.17, 15) is 4.79 Å². The molecule has 0 spiro atoms. The van der Waals surface area contributed by atoms with Gasteiger partial charge in [-0.15, -0.1) is 0 Å². The second-order valence-electron chi connectivity index (χ2n) is 6.83. The van der Waals surface area contributed by atoms with Gasteiger partial charge in [-0.25, -0.2) is 4.98 Å². The highest BCUT2D eigenvalue weighted by Gasteiger charge is 2.22. The number of para-hydroxylation sites is 2. The third-order valence-electron chi connectivity index (χ3n) is 4.92. The number of H-pyrrole nitrogens is 2. The number of nitrogens with zero attached hydrogens (tertiary/aromatic N) is 2. The lowest BCUT2D eigenvalue weighted by Crippen LogP contribution is -2.30. The van der Waals surface area contributed by atoms with Gasteiger partial charge in [-0.3, -0.25) is 9.89 Å². The van der Waals surface area contributed by atoms with Crippen LogP contribution < -0.4 is 10.1 Å². The monoisotopic (exact) mass is 421 g/mol. The highest BCUT2D eigenvalue weighted by atomic mass is 32.2. The number of hydrogen-bond donors (Lipinski definition) is 3. The van der Waals surface area contributed by atoms with Crippen molar-refractivity contribution in [3.63, 3.8) is 0 Å². The Labute approximate surface area is 178 Å². The molecule has 0 aliphatic rings. The van der Waals surface area contributed by atoms with Crippen LogP contribution in [0.1, 0.15) is 28.6 Å². The molecule has 0 saturated heterocycles. The molecule has 2 aromatic heterocycles. The Morgan fingerprint density at radius 2 is 2.00 bits per heavy atom. The van der Waals surface area contributed by atoms with Crippen LogP contribution in [-0.2, 0) is 0 Å². The summed E-state index contributed by atoms with van der Waals surface area (Å²) in [5, 5.41) is 10.2. The van der Waals surface area contributed by atoms with E-state index in [1.54, 1.807) is 25.1 Å². The van der Waals surface area contributed by atoms with Crippen LogP contribution in [-0.4, -0.2) is 45.2 Å². The molecule has 30 heavy (non-hydrogen) atoms. The van der Waals surface area contributed by atoms with Crippen molar-refractivity contribution in [2.75, 3.05) is 19.1 Å². The molecule has 0 bridgehead atoms. The van der Waals surface area contributed by atoms with Crippen LogP contribution in [0.5, 0.6) is 5.75 Å². The Morgan fingerprint density at radius 3 is 2.73 bits per heavy atom. The molecule has 4 rings (SSSR count). The van der Waals surface area contributed by atoms with Crippen LogP contribution in [0, 0.1) is 0 Å². The summed E-state index contributed by atoms with van der Waals surface area (Å²) < 4.78 is 5.21. The number of fused-ring (bicyclic) bond motifs is 1. The standard InChI is InChI=1S/C22H23N5O2S/c1-29-15-9-7-14(8-10-15)20-16(13-23-27-20)22(28)26-19(11-12-30-2)21-24-17-5-3-4-6-18(17)25-21/h3-10,13,19H,11-12H2,1-2H3,(H,23,27)(H,24,25)(H,26,28)/t19-/m1/s1. The maximum absolute atomic E-state index is 13.1. The Balaban J connectivity index is 1.59. The van der Waals surface area contributed by atoms with E-state index in [0.29, 0.717) is 11.3 Å². The van der Waals surface area contributed by atoms with E-state index in [2.05, 4.69) is 31.7 Å². The molecule has 0 saturated carbocycles. The van der Waals surface area contributed by atoms with Gasteiger partial charge in [0.05, 0.1) is 41.6 Å². The van der Waals surface area contributed by atoms with Gasteiger partial charge in [-0.05, 0) is 54.8 Å². The highest BCUT2D eigenvalue weighted by molar-refractivity contribution is 7.98. The lowest BCUT2D eigenvalue weighted by molar-refractivity contribution is 0.0935. The zero-order chi connectivity index (χ0) is 20.9. The first-order valence-electron chi connectivity index (χ1n) is 9.62. The average molecular weight is 422 g/mol. The number of nitrogens with one attached hydrogen (secondary N) is 3. The van der Waals surface area contributed by atoms with Crippen LogP contribution in [0.3, 0.4) is 0 Å². The van der Waals surface area contributed by atoms with Gasteiger partial charge in [0.2, 0.25) is 0 Å². The maximum atomic E-state index is 13.1. The smallest absolute Gasteiger partial charge is 0.255 e. The number of carbonyl (C=O) groups is 1. The van der Waals surface area contributed by atoms with E-state index in [4.69, 9.17) is 4.74 Å². The first-order valence-corrected chi connectivity index (χ1v) is 11.0. The molecule has 7 nitrogen and oxygen atoms in total. The van der Waals surface area contributed by atoms with Gasteiger partial charge >= 0.3 is 0 Å². The molecule has 0 radical (unpaired) electrons. The van der Waals surface area contributed by atoms with Gasteiger partial charge in [-0.1, -0.05) is 12.1 Å². The van der Waals surface area contributed by atoms with Crippen LogP contribution in [0.2, 0.25) is 0 Å². The van der Waals surface area contributed by atoms with Crippen molar-refractivity contribution in [2.45, 2.75) is 12.5 Å². The lowest BCUT2D eigenvalue weighted by Gasteiger charge is -2.16. The Kier molecular flexibility index (Phi) is 6.04. The molecule has 1 atom stereocenters. The van der Waals surface area contributed by atoms with Crippen molar-refractivity contribution in [1.29, 1.82) is 0 Å². The number of ether oxygens (including phenoxy) is 1. The van der Waals surface area contributed by atoms with Gasteiger partial charge in [-0.2, -0.15) is 16.9 Å². The summed E-state index contributed by atoms with van der Waals surface area (Å²) in [6.45, 7) is 0. The zero-order valence-corrected chi connectivity index (χ0v) is 17.6. The van der Waals surface area contributed by atoms with E-state index in [-0.39, 0.29) is 11.9 Å². The Morgan fingerprint density at radius 1 is 1.20 bits per heavy atom. The molecule has 3 N–H and O–H groups in total. The van der Waals surface area contributed by atoms with Gasteiger partial charge in [0.1, 0.15) is 11.6 Å². The zero-order valence-electron chi connectivity index (χ0n) is 16.8. The predicted octanol–water partition coefficient (Wildman–Crippen LogP) is 4.19. The number of hydrogen-bond acceptors (Lipinski definition) is 5. The van der Waals surface area contributed by atoms with Crippen molar-refractivity contribution in [3.8, 4) is 17.0 Å². The summed E-state index contributed by atoms with van der Waals surface area (Å²) in [6, 6.07) is 15.1. The molecule has 0 unspecified atom stereocenters. The fourth-order valence-electron chi connectivity index (χ4n) is 3.32. The molecule has 0 aliphatic heterocycles. The molecule has 4 aromatic rings.